The summed E-state index contributed by atoms with van der Waals surface area (Å²) >= 11 is 0. The summed E-state index contributed by atoms with van der Waals surface area (Å²) in [5.41, 5.74) is 3.09. The molecule has 0 fully saturated rings. The lowest BCUT2D eigenvalue weighted by Crippen LogP contribution is -2.18. The van der Waals surface area contributed by atoms with Gasteiger partial charge in [0.1, 0.15) is 5.75 Å². The van der Waals surface area contributed by atoms with Crippen LogP contribution in [-0.4, -0.2) is 22.8 Å². The number of rotatable bonds is 7. The molecule has 2 atom stereocenters. The zero-order valence-corrected chi connectivity index (χ0v) is 15.6. The summed E-state index contributed by atoms with van der Waals surface area (Å²) in [6.45, 7) is 6.17. The zero-order valence-electron chi connectivity index (χ0n) is 14.8. The lowest BCUT2D eigenvalue weighted by Gasteiger charge is -2.15. The predicted octanol–water partition coefficient (Wildman–Crippen LogP) is 4.93. The van der Waals surface area contributed by atoms with E-state index < -0.39 is 10.8 Å². The monoisotopic (exact) mass is 343 g/mol. The Balaban J connectivity index is 2.09. The topological polar surface area (TPSA) is 38.7 Å². The molecule has 0 aromatic heterocycles. The molecule has 0 radical (unpaired) electrons. The number of aryl methyl sites for hydroxylation is 1. The molecule has 0 amide bonds. The molecule has 0 bridgehead atoms. The minimum Gasteiger partial charge on any atom is -0.497 e. The van der Waals surface area contributed by atoms with Gasteiger partial charge in [0.15, 0.2) is 0 Å². The van der Waals surface area contributed by atoms with Gasteiger partial charge in [0.05, 0.1) is 23.6 Å². The average Bonchev–Trinajstić information content (AvgIpc) is 2.60. The zero-order chi connectivity index (χ0) is 17.5. The van der Waals surface area contributed by atoms with Crippen LogP contribution >= 0.6 is 0 Å². The van der Waals surface area contributed by atoms with Gasteiger partial charge >= 0.3 is 0 Å². The molecule has 2 rings (SSSR count). The molecule has 3 nitrogen and oxygen atoms in total. The molecule has 1 unspecified atom stereocenters. The normalized spacial score (nSPS) is 14.2. The molecule has 0 saturated carbocycles. The third-order valence-corrected chi connectivity index (χ3v) is 5.60. The second-order valence-electron chi connectivity index (χ2n) is 5.88. The fraction of sp³-hybridized carbons (Fsp3) is 0.350. The van der Waals surface area contributed by atoms with Gasteiger partial charge in [-0.15, -0.1) is 0 Å². The SMILES string of the molecule is CC[C@H](CS(=O)c1ccc(C)cc1)C(C)=Nc1ccc(OC)cc1. The first kappa shape index (κ1) is 18.4. The van der Waals surface area contributed by atoms with E-state index in [0.717, 1.165) is 28.5 Å². The van der Waals surface area contributed by atoms with Gasteiger partial charge in [-0.2, -0.15) is 0 Å². The summed E-state index contributed by atoms with van der Waals surface area (Å²) in [5.74, 6) is 1.62. The molecule has 0 saturated heterocycles. The highest BCUT2D eigenvalue weighted by atomic mass is 32.2. The lowest BCUT2D eigenvalue weighted by molar-refractivity contribution is 0.415. The van der Waals surface area contributed by atoms with Crippen molar-refractivity contribution in [1.29, 1.82) is 0 Å². The molecule has 0 aliphatic carbocycles. The van der Waals surface area contributed by atoms with Crippen LogP contribution in [0.25, 0.3) is 0 Å². The summed E-state index contributed by atoms with van der Waals surface area (Å²) < 4.78 is 17.8. The van der Waals surface area contributed by atoms with Crippen LogP contribution in [0.3, 0.4) is 0 Å². The summed E-state index contributed by atoms with van der Waals surface area (Å²) in [5, 5.41) is 0. The van der Waals surface area contributed by atoms with Crippen LogP contribution in [0.4, 0.5) is 5.69 Å². The molecule has 4 heteroatoms. The quantitative estimate of drug-likeness (QED) is 0.669. The van der Waals surface area contributed by atoms with Gasteiger partial charge in [-0.3, -0.25) is 9.20 Å². The van der Waals surface area contributed by atoms with Crippen molar-refractivity contribution in [1.82, 2.24) is 0 Å². The fourth-order valence-corrected chi connectivity index (χ4v) is 3.93. The number of benzene rings is 2. The first-order valence-corrected chi connectivity index (χ1v) is 9.49. The maximum absolute atomic E-state index is 12.6. The number of aliphatic imine (C=N–C) groups is 1. The van der Waals surface area contributed by atoms with Crippen molar-refractivity contribution in [3.8, 4) is 5.75 Å². The predicted molar refractivity (Wildman–Crippen MR) is 102 cm³/mol. The van der Waals surface area contributed by atoms with Crippen molar-refractivity contribution in [2.45, 2.75) is 32.1 Å². The molecule has 0 aliphatic heterocycles. The summed E-state index contributed by atoms with van der Waals surface area (Å²) in [6.07, 6.45) is 0.920. The van der Waals surface area contributed by atoms with Crippen LogP contribution in [0.15, 0.2) is 58.4 Å². The van der Waals surface area contributed by atoms with Crippen LogP contribution < -0.4 is 4.74 Å². The fourth-order valence-electron chi connectivity index (χ4n) is 2.45. The van der Waals surface area contributed by atoms with E-state index in [-0.39, 0.29) is 5.92 Å². The van der Waals surface area contributed by atoms with E-state index in [0.29, 0.717) is 5.75 Å². The van der Waals surface area contributed by atoms with Gasteiger partial charge in [-0.25, -0.2) is 0 Å². The molecular weight excluding hydrogens is 318 g/mol. The van der Waals surface area contributed by atoms with E-state index in [9.17, 15) is 4.21 Å². The average molecular weight is 343 g/mol. The Morgan fingerprint density at radius 3 is 2.29 bits per heavy atom. The first-order valence-electron chi connectivity index (χ1n) is 8.17. The minimum atomic E-state index is -1.01. The smallest absolute Gasteiger partial charge is 0.119 e. The van der Waals surface area contributed by atoms with Crippen molar-refractivity contribution >= 4 is 22.2 Å². The molecule has 24 heavy (non-hydrogen) atoms. The second kappa shape index (κ2) is 8.78. The van der Waals surface area contributed by atoms with E-state index >= 15 is 0 Å². The van der Waals surface area contributed by atoms with E-state index in [1.807, 2.05) is 62.4 Å². The molecule has 0 heterocycles. The summed E-state index contributed by atoms with van der Waals surface area (Å²) in [4.78, 5) is 5.58. The van der Waals surface area contributed by atoms with Gasteiger partial charge in [0, 0.05) is 22.3 Å². The van der Waals surface area contributed by atoms with E-state index in [1.165, 1.54) is 5.56 Å². The van der Waals surface area contributed by atoms with Crippen molar-refractivity contribution in [2.24, 2.45) is 10.9 Å². The highest BCUT2D eigenvalue weighted by molar-refractivity contribution is 7.85. The van der Waals surface area contributed by atoms with Gasteiger partial charge in [0.2, 0.25) is 0 Å². The highest BCUT2D eigenvalue weighted by Crippen LogP contribution is 2.21. The lowest BCUT2D eigenvalue weighted by atomic mass is 10.0. The number of hydrogen-bond donors (Lipinski definition) is 0. The number of ether oxygens (including phenoxy) is 1. The Bertz CT molecular complexity index is 705. The molecule has 0 aliphatic rings. The van der Waals surface area contributed by atoms with Crippen LogP contribution in [0.1, 0.15) is 25.8 Å². The Hall–Kier alpha value is -1.94. The van der Waals surface area contributed by atoms with Gasteiger partial charge < -0.3 is 4.74 Å². The van der Waals surface area contributed by atoms with E-state index in [1.54, 1.807) is 7.11 Å². The molecular formula is C20H25NO2S. The Morgan fingerprint density at radius 1 is 1.12 bits per heavy atom. The highest BCUT2D eigenvalue weighted by Gasteiger charge is 2.15. The van der Waals surface area contributed by atoms with Crippen molar-refractivity contribution in [3.63, 3.8) is 0 Å². The third kappa shape index (κ3) is 5.03. The van der Waals surface area contributed by atoms with Crippen molar-refractivity contribution in [2.75, 3.05) is 12.9 Å². The standard InChI is InChI=1S/C20H25NO2S/c1-5-17(14-24(22)20-12-6-15(2)7-13-20)16(3)21-18-8-10-19(23-4)11-9-18/h6-13,17H,5,14H2,1-4H3/t17-,24?/m1/s1. The van der Waals surface area contributed by atoms with E-state index in [2.05, 4.69) is 6.92 Å². The third-order valence-electron chi connectivity index (χ3n) is 4.10. The molecule has 0 spiro atoms. The summed E-state index contributed by atoms with van der Waals surface area (Å²) in [6, 6.07) is 15.6. The van der Waals surface area contributed by atoms with E-state index in [4.69, 9.17) is 9.73 Å². The Labute approximate surface area is 147 Å². The maximum atomic E-state index is 12.6. The maximum Gasteiger partial charge on any atom is 0.119 e. The number of methoxy groups -OCH3 is 1. The molecule has 0 N–H and O–H groups in total. The second-order valence-corrected chi connectivity index (χ2v) is 7.38. The Morgan fingerprint density at radius 2 is 1.75 bits per heavy atom. The first-order chi connectivity index (χ1) is 11.5. The Kier molecular flexibility index (Phi) is 6.73. The van der Waals surface area contributed by atoms with Crippen molar-refractivity contribution < 1.29 is 8.95 Å². The number of nitrogens with zero attached hydrogens (tertiary/aromatic N) is 1. The molecule has 2 aromatic carbocycles. The van der Waals surface area contributed by atoms with Crippen LogP contribution in [0.5, 0.6) is 5.75 Å². The van der Waals surface area contributed by atoms with Crippen molar-refractivity contribution in [3.05, 3.63) is 54.1 Å². The largest absolute Gasteiger partial charge is 0.497 e. The number of hydrogen-bond acceptors (Lipinski definition) is 3. The van der Waals surface area contributed by atoms with Gasteiger partial charge in [-0.1, -0.05) is 24.6 Å². The summed E-state index contributed by atoms with van der Waals surface area (Å²) in [7, 11) is 0.644. The molecule has 2 aromatic rings. The van der Waals surface area contributed by atoms with Gasteiger partial charge in [0.25, 0.3) is 0 Å². The van der Waals surface area contributed by atoms with Crippen LogP contribution in [-0.2, 0) is 10.8 Å². The van der Waals surface area contributed by atoms with Crippen LogP contribution in [0.2, 0.25) is 0 Å². The minimum absolute atomic E-state index is 0.203. The molecule has 128 valence electrons. The van der Waals surface area contributed by atoms with Crippen LogP contribution in [0, 0.1) is 12.8 Å². The van der Waals surface area contributed by atoms with Gasteiger partial charge in [-0.05, 0) is 56.7 Å².